The maximum absolute atomic E-state index is 13.7. The molecule has 1 N–H and O–H groups in total. The van der Waals surface area contributed by atoms with Gasteiger partial charge in [0.05, 0.1) is 17.8 Å². The van der Waals surface area contributed by atoms with Crippen LogP contribution in [-0.4, -0.2) is 26.6 Å². The van der Waals surface area contributed by atoms with Crippen molar-refractivity contribution >= 4 is 35.0 Å². The highest BCUT2D eigenvalue weighted by atomic mass is 35.5. The first kappa shape index (κ1) is 22.4. The third-order valence-electron chi connectivity index (χ3n) is 6.15. The van der Waals surface area contributed by atoms with Gasteiger partial charge in [0.25, 0.3) is 0 Å². The molecule has 1 aliphatic rings. The highest BCUT2D eigenvalue weighted by Gasteiger charge is 2.30. The van der Waals surface area contributed by atoms with Crippen LogP contribution in [0.25, 0.3) is 11.3 Å². The molecule has 34 heavy (non-hydrogen) atoms. The number of halogens is 2. The fourth-order valence-corrected chi connectivity index (χ4v) is 4.98. The Bertz CT molecular complexity index is 1360. The molecule has 0 atom stereocenters. The maximum Gasteiger partial charge on any atom is 0.335 e. The Kier molecular flexibility index (Phi) is 5.98. The second-order valence-corrected chi connectivity index (χ2v) is 9.34. The van der Waals surface area contributed by atoms with Crippen molar-refractivity contribution in [1.82, 2.24) is 9.78 Å². The lowest BCUT2D eigenvalue weighted by molar-refractivity contribution is 0.0696. The van der Waals surface area contributed by atoms with Crippen LogP contribution < -0.4 is 0 Å². The summed E-state index contributed by atoms with van der Waals surface area (Å²) in [5.41, 5.74) is 5.29. The fourth-order valence-electron chi connectivity index (χ4n) is 4.46. The molecule has 170 valence electrons. The molecule has 0 saturated heterocycles. The summed E-state index contributed by atoms with van der Waals surface area (Å²) >= 11 is 12.4. The van der Waals surface area contributed by atoms with Gasteiger partial charge < -0.3 is 5.11 Å². The van der Waals surface area contributed by atoms with E-state index in [1.165, 1.54) is 11.1 Å². The number of aromatic nitrogens is 2. The van der Waals surface area contributed by atoms with E-state index in [0.717, 1.165) is 11.1 Å². The molecule has 5 nitrogen and oxygen atoms in total. The Morgan fingerprint density at radius 2 is 1.53 bits per heavy atom. The Balaban J connectivity index is 1.51. The number of benzene rings is 3. The van der Waals surface area contributed by atoms with E-state index in [1.807, 2.05) is 12.1 Å². The molecule has 0 fully saturated rings. The minimum absolute atomic E-state index is 0.0326. The van der Waals surface area contributed by atoms with Crippen molar-refractivity contribution in [3.05, 3.63) is 111 Å². The monoisotopic (exact) mass is 490 g/mol. The zero-order valence-corrected chi connectivity index (χ0v) is 19.6. The molecule has 0 aliphatic heterocycles. The van der Waals surface area contributed by atoms with Crippen molar-refractivity contribution < 1.29 is 14.7 Å². The van der Waals surface area contributed by atoms with Crippen LogP contribution in [0.5, 0.6) is 0 Å². The average Bonchev–Trinajstić information content (AvgIpc) is 3.43. The third-order valence-corrected chi connectivity index (χ3v) is 6.58. The van der Waals surface area contributed by atoms with Gasteiger partial charge in [-0.15, -0.1) is 0 Å². The van der Waals surface area contributed by atoms with Crippen LogP contribution in [0.2, 0.25) is 10.0 Å². The zero-order valence-electron chi connectivity index (χ0n) is 18.0. The van der Waals surface area contributed by atoms with Crippen molar-refractivity contribution in [2.24, 2.45) is 5.92 Å². The standard InChI is InChI=1S/C27H20Cl2N2O3/c28-22-11-20(12-23(29)13-22)24-14-25(26(32)21-9-18-3-1-2-4-19(18)10-21)31(30-24)15-16-5-7-17(8-6-16)27(33)34/h1-8,11-14,21H,9-10,15H2,(H,33,34). The van der Waals surface area contributed by atoms with E-state index in [2.05, 4.69) is 12.1 Å². The first-order chi connectivity index (χ1) is 16.4. The number of carboxylic acid groups (broad SMARTS) is 1. The molecule has 0 bridgehead atoms. The predicted molar refractivity (Wildman–Crippen MR) is 132 cm³/mol. The van der Waals surface area contributed by atoms with Gasteiger partial charge in [0.1, 0.15) is 5.69 Å². The van der Waals surface area contributed by atoms with E-state index in [9.17, 15) is 9.59 Å². The summed E-state index contributed by atoms with van der Waals surface area (Å²) in [6, 6.07) is 21.7. The molecular weight excluding hydrogens is 471 g/mol. The topological polar surface area (TPSA) is 72.2 Å². The van der Waals surface area contributed by atoms with Crippen molar-refractivity contribution in [3.63, 3.8) is 0 Å². The molecule has 0 amide bonds. The lowest BCUT2D eigenvalue weighted by Gasteiger charge is -2.11. The van der Waals surface area contributed by atoms with Crippen LogP contribution in [0.1, 0.15) is 37.5 Å². The van der Waals surface area contributed by atoms with Crippen LogP contribution in [0, 0.1) is 5.92 Å². The fraction of sp³-hybridized carbons (Fsp3) is 0.148. The highest BCUT2D eigenvalue weighted by Crippen LogP contribution is 2.32. The van der Waals surface area contributed by atoms with Crippen molar-refractivity contribution in [1.29, 1.82) is 0 Å². The number of fused-ring (bicyclic) bond motifs is 1. The third kappa shape index (κ3) is 4.49. The average molecular weight is 491 g/mol. The van der Waals surface area contributed by atoms with Crippen LogP contribution in [0.4, 0.5) is 0 Å². The van der Waals surface area contributed by atoms with E-state index in [-0.39, 0.29) is 17.3 Å². The highest BCUT2D eigenvalue weighted by molar-refractivity contribution is 6.35. The van der Waals surface area contributed by atoms with Gasteiger partial charge in [-0.05, 0) is 65.9 Å². The minimum Gasteiger partial charge on any atom is -0.478 e. The molecule has 4 aromatic rings. The van der Waals surface area contributed by atoms with Crippen LogP contribution in [0.3, 0.4) is 0 Å². The van der Waals surface area contributed by atoms with Gasteiger partial charge in [0.15, 0.2) is 5.78 Å². The molecule has 5 rings (SSSR count). The van der Waals surface area contributed by atoms with Gasteiger partial charge in [0.2, 0.25) is 0 Å². The van der Waals surface area contributed by atoms with E-state index >= 15 is 0 Å². The normalized spacial score (nSPS) is 13.1. The van der Waals surface area contributed by atoms with Gasteiger partial charge >= 0.3 is 5.97 Å². The molecular formula is C27H20Cl2N2O3. The summed E-state index contributed by atoms with van der Waals surface area (Å²) in [7, 11) is 0. The van der Waals surface area contributed by atoms with E-state index < -0.39 is 5.97 Å². The molecule has 1 aromatic heterocycles. The van der Waals surface area contributed by atoms with Crippen molar-refractivity contribution in [2.45, 2.75) is 19.4 Å². The molecule has 0 radical (unpaired) electrons. The first-order valence-electron chi connectivity index (χ1n) is 10.8. The Morgan fingerprint density at radius 3 is 2.12 bits per heavy atom. The number of ketones is 1. The van der Waals surface area contributed by atoms with Gasteiger partial charge in [-0.2, -0.15) is 5.10 Å². The molecule has 3 aromatic carbocycles. The van der Waals surface area contributed by atoms with Crippen LogP contribution in [-0.2, 0) is 19.4 Å². The van der Waals surface area contributed by atoms with Crippen molar-refractivity contribution in [3.8, 4) is 11.3 Å². The molecule has 0 saturated carbocycles. The number of carbonyl (C=O) groups is 2. The Morgan fingerprint density at radius 1 is 0.912 bits per heavy atom. The van der Waals surface area contributed by atoms with Gasteiger partial charge in [-0.1, -0.05) is 59.6 Å². The summed E-state index contributed by atoms with van der Waals surface area (Å²) in [6.07, 6.45) is 1.40. The number of nitrogens with zero attached hydrogens (tertiary/aromatic N) is 2. The lowest BCUT2D eigenvalue weighted by atomic mass is 9.97. The Hall–Kier alpha value is -3.41. The summed E-state index contributed by atoms with van der Waals surface area (Å²) in [5.74, 6) is -1.11. The second-order valence-electron chi connectivity index (χ2n) is 8.47. The summed E-state index contributed by atoms with van der Waals surface area (Å²) in [5, 5.41) is 14.9. The SMILES string of the molecule is O=C(O)c1ccc(Cn2nc(-c3cc(Cl)cc(Cl)c3)cc2C(=O)C2Cc3ccccc3C2)cc1. The second kappa shape index (κ2) is 9.09. The molecule has 1 heterocycles. The number of carboxylic acids is 1. The van der Waals surface area contributed by atoms with Gasteiger partial charge in [0, 0.05) is 21.5 Å². The number of carbonyl (C=O) groups excluding carboxylic acids is 1. The van der Waals surface area contributed by atoms with Crippen LogP contribution in [0.15, 0.2) is 72.8 Å². The van der Waals surface area contributed by atoms with Crippen molar-refractivity contribution in [2.75, 3.05) is 0 Å². The van der Waals surface area contributed by atoms with Gasteiger partial charge in [-0.25, -0.2) is 4.79 Å². The quantitative estimate of drug-likeness (QED) is 0.326. The largest absolute Gasteiger partial charge is 0.478 e. The molecule has 0 unspecified atom stereocenters. The smallest absolute Gasteiger partial charge is 0.335 e. The van der Waals surface area contributed by atoms with Gasteiger partial charge in [-0.3, -0.25) is 9.48 Å². The van der Waals surface area contributed by atoms with E-state index in [4.69, 9.17) is 33.4 Å². The number of Topliss-reactive ketones (excluding diaryl/α,β-unsaturated/α-hetero) is 1. The minimum atomic E-state index is -0.984. The van der Waals surface area contributed by atoms with Crippen LogP contribution >= 0.6 is 23.2 Å². The Labute approximate surface area is 206 Å². The summed E-state index contributed by atoms with van der Waals surface area (Å²) in [6.45, 7) is 0.328. The molecule has 0 spiro atoms. The predicted octanol–water partition coefficient (Wildman–Crippen LogP) is 6.20. The summed E-state index contributed by atoms with van der Waals surface area (Å²) in [4.78, 5) is 24.8. The number of aromatic carboxylic acids is 1. The lowest BCUT2D eigenvalue weighted by Crippen LogP contribution is -2.20. The molecule has 1 aliphatic carbocycles. The number of hydrogen-bond acceptors (Lipinski definition) is 3. The van der Waals surface area contributed by atoms with E-state index in [1.54, 1.807) is 53.2 Å². The maximum atomic E-state index is 13.7. The van der Waals surface area contributed by atoms with E-state index in [0.29, 0.717) is 40.8 Å². The summed E-state index contributed by atoms with van der Waals surface area (Å²) < 4.78 is 1.69. The number of rotatable bonds is 6. The first-order valence-corrected chi connectivity index (χ1v) is 11.6. The molecule has 7 heteroatoms. The number of hydrogen-bond donors (Lipinski definition) is 1. The zero-order chi connectivity index (χ0) is 23.8.